The van der Waals surface area contributed by atoms with E-state index in [-0.39, 0.29) is 31.7 Å². The van der Waals surface area contributed by atoms with Crippen LogP contribution in [0.2, 0.25) is 0 Å². The molecule has 1 unspecified atom stereocenters. The van der Waals surface area contributed by atoms with Gasteiger partial charge in [0.1, 0.15) is 12.1 Å². The Balaban J connectivity index is 1.34. The fraction of sp³-hybridized carbons (Fsp3) is 0.438. The molecular weight excluding hydrogens is 346 g/mol. The number of hydrogen-bond donors (Lipinski definition) is 2. The molecule has 25 heavy (non-hydrogen) atoms. The van der Waals surface area contributed by atoms with Crippen LogP contribution < -0.4 is 20.1 Å². The molecule has 4 rings (SSSR count). The third kappa shape index (κ3) is 2.88. The van der Waals surface area contributed by atoms with Crippen LogP contribution >= 0.6 is 11.8 Å². The summed E-state index contributed by atoms with van der Waals surface area (Å²) in [4.78, 5) is 37.7. The van der Waals surface area contributed by atoms with E-state index >= 15 is 0 Å². The predicted octanol–water partition coefficient (Wildman–Crippen LogP) is 0.459. The monoisotopic (exact) mass is 363 g/mol. The molecule has 3 aliphatic rings. The summed E-state index contributed by atoms with van der Waals surface area (Å²) >= 11 is 1.63. The van der Waals surface area contributed by atoms with Crippen molar-refractivity contribution in [2.75, 3.05) is 24.8 Å². The molecule has 8 nitrogen and oxygen atoms in total. The largest absolute Gasteiger partial charge is 0.454 e. The summed E-state index contributed by atoms with van der Waals surface area (Å²) < 4.78 is 10.5. The second kappa shape index (κ2) is 6.14. The lowest BCUT2D eigenvalue weighted by molar-refractivity contribution is -0.134. The number of rotatable bonds is 4. The van der Waals surface area contributed by atoms with Crippen molar-refractivity contribution in [1.82, 2.24) is 15.5 Å². The average molecular weight is 363 g/mol. The molecule has 0 radical (unpaired) electrons. The summed E-state index contributed by atoms with van der Waals surface area (Å²) in [5.41, 5.74) is 0.0257. The summed E-state index contributed by atoms with van der Waals surface area (Å²) in [5.74, 6) is 2.02. The zero-order valence-corrected chi connectivity index (χ0v) is 14.2. The molecule has 2 fully saturated rings. The van der Waals surface area contributed by atoms with Gasteiger partial charge in [0, 0.05) is 12.3 Å². The Morgan fingerprint density at radius 3 is 2.96 bits per heavy atom. The van der Waals surface area contributed by atoms with Gasteiger partial charge in [-0.15, -0.1) is 0 Å². The van der Waals surface area contributed by atoms with Gasteiger partial charge in [0.15, 0.2) is 11.5 Å². The maximum Gasteiger partial charge on any atom is 0.325 e. The third-order valence-corrected chi connectivity index (χ3v) is 5.69. The third-order valence-electron chi connectivity index (χ3n) is 4.50. The average Bonchev–Trinajstić information content (AvgIpc) is 3.30. The molecular formula is C16H17N3O5S. The number of fused-ring (bicyclic) bond motifs is 1. The van der Waals surface area contributed by atoms with Gasteiger partial charge in [-0.05, 0) is 29.9 Å². The Bertz CT molecular complexity index is 747. The molecule has 3 aliphatic heterocycles. The maximum atomic E-state index is 12.5. The first-order valence-corrected chi connectivity index (χ1v) is 9.10. The van der Waals surface area contributed by atoms with E-state index in [0.717, 1.165) is 16.2 Å². The summed E-state index contributed by atoms with van der Waals surface area (Å²) in [7, 11) is 0. The molecule has 2 saturated heterocycles. The predicted molar refractivity (Wildman–Crippen MR) is 89.3 cm³/mol. The lowest BCUT2D eigenvalue weighted by atomic mass is 9.99. The highest BCUT2D eigenvalue weighted by Crippen LogP contribution is 2.33. The number of amides is 4. The standard InChI is InChI=1S/C16H17N3O5S/c20-13(17-6-10-1-2-11-12(5-10)24-9-23-11)7-19-14(21)16(18-15(19)22)3-4-25-8-16/h1-2,5H,3-4,6-9H2,(H,17,20)(H,18,22). The number of carbonyl (C=O) groups excluding carboxylic acids is 3. The fourth-order valence-electron chi connectivity index (χ4n) is 3.10. The van der Waals surface area contributed by atoms with Crippen LogP contribution in [0, 0.1) is 0 Å². The number of urea groups is 1. The van der Waals surface area contributed by atoms with Crippen molar-refractivity contribution in [3.05, 3.63) is 23.8 Å². The maximum absolute atomic E-state index is 12.5. The van der Waals surface area contributed by atoms with E-state index < -0.39 is 11.6 Å². The highest BCUT2D eigenvalue weighted by Gasteiger charge is 2.53. The lowest BCUT2D eigenvalue weighted by Crippen LogP contribution is -2.47. The van der Waals surface area contributed by atoms with Gasteiger partial charge in [0.25, 0.3) is 5.91 Å². The smallest absolute Gasteiger partial charge is 0.325 e. The van der Waals surface area contributed by atoms with Crippen LogP contribution in [0.4, 0.5) is 4.79 Å². The number of hydrogen-bond acceptors (Lipinski definition) is 6. The Morgan fingerprint density at radius 1 is 1.32 bits per heavy atom. The number of thioether (sulfide) groups is 1. The first-order valence-electron chi connectivity index (χ1n) is 7.94. The van der Waals surface area contributed by atoms with E-state index in [1.807, 2.05) is 6.07 Å². The lowest BCUT2D eigenvalue weighted by Gasteiger charge is -2.19. The van der Waals surface area contributed by atoms with E-state index in [9.17, 15) is 14.4 Å². The Morgan fingerprint density at radius 2 is 2.16 bits per heavy atom. The second-order valence-electron chi connectivity index (χ2n) is 6.17. The molecule has 1 spiro atoms. The van der Waals surface area contributed by atoms with Crippen molar-refractivity contribution in [3.63, 3.8) is 0 Å². The molecule has 1 atom stereocenters. The van der Waals surface area contributed by atoms with Gasteiger partial charge in [-0.1, -0.05) is 6.07 Å². The number of nitrogens with zero attached hydrogens (tertiary/aromatic N) is 1. The minimum absolute atomic E-state index is 0.192. The molecule has 4 amide bonds. The summed E-state index contributed by atoms with van der Waals surface area (Å²) in [6.07, 6.45) is 0.609. The molecule has 0 saturated carbocycles. The van der Waals surface area contributed by atoms with Crippen LogP contribution in [0.15, 0.2) is 18.2 Å². The van der Waals surface area contributed by atoms with E-state index in [1.165, 1.54) is 0 Å². The van der Waals surface area contributed by atoms with Gasteiger partial charge in [-0.3, -0.25) is 14.5 Å². The van der Waals surface area contributed by atoms with Crippen LogP contribution in [0.25, 0.3) is 0 Å². The van der Waals surface area contributed by atoms with E-state index in [0.29, 0.717) is 23.7 Å². The zero-order chi connectivity index (χ0) is 17.4. The van der Waals surface area contributed by atoms with Crippen molar-refractivity contribution in [2.24, 2.45) is 0 Å². The quantitative estimate of drug-likeness (QED) is 0.755. The van der Waals surface area contributed by atoms with Crippen LogP contribution in [0.5, 0.6) is 11.5 Å². The number of benzene rings is 1. The molecule has 0 bridgehead atoms. The highest BCUT2D eigenvalue weighted by atomic mass is 32.2. The number of imide groups is 1. The van der Waals surface area contributed by atoms with E-state index in [1.54, 1.807) is 23.9 Å². The van der Waals surface area contributed by atoms with Crippen molar-refractivity contribution in [1.29, 1.82) is 0 Å². The van der Waals surface area contributed by atoms with Gasteiger partial charge in [0.2, 0.25) is 12.7 Å². The molecule has 132 valence electrons. The molecule has 1 aromatic rings. The molecule has 0 aromatic heterocycles. The molecule has 3 heterocycles. The van der Waals surface area contributed by atoms with Gasteiger partial charge >= 0.3 is 6.03 Å². The number of nitrogens with one attached hydrogen (secondary N) is 2. The van der Waals surface area contributed by atoms with Gasteiger partial charge < -0.3 is 20.1 Å². The Hall–Kier alpha value is -2.42. The Kier molecular flexibility index (Phi) is 3.95. The molecule has 1 aromatic carbocycles. The SMILES string of the molecule is O=C(CN1C(=O)NC2(CCSC2)C1=O)NCc1ccc2c(c1)OCO2. The summed E-state index contributed by atoms with van der Waals surface area (Å²) in [6.45, 7) is 0.194. The van der Waals surface area contributed by atoms with Crippen LogP contribution in [0.3, 0.4) is 0 Å². The van der Waals surface area contributed by atoms with Crippen LogP contribution in [-0.2, 0) is 16.1 Å². The second-order valence-corrected chi connectivity index (χ2v) is 7.28. The normalized spacial score (nSPS) is 24.1. The minimum Gasteiger partial charge on any atom is -0.454 e. The van der Waals surface area contributed by atoms with Gasteiger partial charge in [-0.2, -0.15) is 11.8 Å². The van der Waals surface area contributed by atoms with Crippen LogP contribution in [0.1, 0.15) is 12.0 Å². The van der Waals surface area contributed by atoms with Gasteiger partial charge in [0.05, 0.1) is 0 Å². The van der Waals surface area contributed by atoms with Crippen LogP contribution in [-0.4, -0.2) is 53.1 Å². The zero-order valence-electron chi connectivity index (χ0n) is 13.4. The Labute approximate surface area is 148 Å². The fourth-order valence-corrected chi connectivity index (χ4v) is 4.43. The summed E-state index contributed by atoms with van der Waals surface area (Å²) in [5, 5.41) is 5.47. The number of ether oxygens (including phenoxy) is 2. The minimum atomic E-state index is -0.820. The van der Waals surface area contributed by atoms with Crippen molar-refractivity contribution < 1.29 is 23.9 Å². The van der Waals surface area contributed by atoms with Gasteiger partial charge in [-0.25, -0.2) is 4.79 Å². The molecule has 0 aliphatic carbocycles. The topological polar surface area (TPSA) is 97.0 Å². The number of carbonyl (C=O) groups is 3. The van der Waals surface area contributed by atoms with Crippen molar-refractivity contribution in [2.45, 2.75) is 18.5 Å². The first kappa shape index (κ1) is 16.1. The van der Waals surface area contributed by atoms with E-state index in [2.05, 4.69) is 10.6 Å². The van der Waals surface area contributed by atoms with Crippen molar-refractivity contribution >= 4 is 29.6 Å². The summed E-state index contributed by atoms with van der Waals surface area (Å²) in [6, 6.07) is 4.90. The van der Waals surface area contributed by atoms with Crippen molar-refractivity contribution in [3.8, 4) is 11.5 Å². The molecule has 2 N–H and O–H groups in total. The van der Waals surface area contributed by atoms with E-state index in [4.69, 9.17) is 9.47 Å². The first-order chi connectivity index (χ1) is 12.1. The highest BCUT2D eigenvalue weighted by molar-refractivity contribution is 7.99. The molecule has 9 heteroatoms.